The Labute approximate surface area is 146 Å². The first-order chi connectivity index (χ1) is 11.2. The van der Waals surface area contributed by atoms with Gasteiger partial charge < -0.3 is 10.6 Å². The fourth-order valence-corrected chi connectivity index (χ4v) is 5.03. The Morgan fingerprint density at radius 2 is 1.62 bits per heavy atom. The lowest BCUT2D eigenvalue weighted by Gasteiger charge is -2.39. The second-order valence-electron chi connectivity index (χ2n) is 7.31. The van der Waals surface area contributed by atoms with Crippen LogP contribution in [0.3, 0.4) is 0 Å². The Kier molecular flexibility index (Phi) is 6.64. The van der Waals surface area contributed by atoms with E-state index in [0.717, 1.165) is 25.7 Å². The lowest BCUT2D eigenvalue weighted by Crippen LogP contribution is -2.57. The van der Waals surface area contributed by atoms with Crippen molar-refractivity contribution in [2.75, 3.05) is 33.2 Å². The molecule has 2 aliphatic rings. The van der Waals surface area contributed by atoms with Crippen LogP contribution in [0.1, 0.15) is 46.0 Å². The minimum Gasteiger partial charge on any atom is -0.339 e. The summed E-state index contributed by atoms with van der Waals surface area (Å²) < 4.78 is 28.7. The van der Waals surface area contributed by atoms with Gasteiger partial charge in [0.15, 0.2) is 0 Å². The van der Waals surface area contributed by atoms with Crippen molar-refractivity contribution < 1.29 is 13.2 Å². The quantitative estimate of drug-likeness (QED) is 0.779. The molecule has 0 bridgehead atoms. The van der Waals surface area contributed by atoms with Crippen molar-refractivity contribution in [1.82, 2.24) is 13.5 Å². The molecule has 1 heterocycles. The number of nitrogens with zero attached hydrogens (tertiary/aromatic N) is 3. The fourth-order valence-electron chi connectivity index (χ4n) is 3.45. The summed E-state index contributed by atoms with van der Waals surface area (Å²) in [4.78, 5) is 14.0. The Morgan fingerprint density at radius 1 is 1.08 bits per heavy atom. The molecule has 24 heavy (non-hydrogen) atoms. The summed E-state index contributed by atoms with van der Waals surface area (Å²) in [6, 6.07) is -0.407. The lowest BCUT2D eigenvalue weighted by atomic mass is 9.96. The van der Waals surface area contributed by atoms with E-state index in [-0.39, 0.29) is 17.9 Å². The maximum absolute atomic E-state index is 12.8. The van der Waals surface area contributed by atoms with E-state index in [0.29, 0.717) is 26.2 Å². The molecule has 0 spiro atoms. The molecular weight excluding hydrogens is 328 g/mol. The molecule has 1 saturated carbocycles. The number of rotatable bonds is 5. The normalized spacial score (nSPS) is 23.0. The summed E-state index contributed by atoms with van der Waals surface area (Å²) in [6.45, 7) is 5.35. The topological polar surface area (TPSA) is 87.0 Å². The zero-order valence-corrected chi connectivity index (χ0v) is 16.0. The van der Waals surface area contributed by atoms with Gasteiger partial charge in [-0.15, -0.1) is 0 Å². The van der Waals surface area contributed by atoms with Crippen molar-refractivity contribution >= 4 is 16.1 Å². The van der Waals surface area contributed by atoms with E-state index < -0.39 is 16.3 Å². The van der Waals surface area contributed by atoms with Gasteiger partial charge in [0, 0.05) is 39.3 Å². The minimum absolute atomic E-state index is 0.0803. The second kappa shape index (κ2) is 8.12. The van der Waals surface area contributed by atoms with E-state index >= 15 is 0 Å². The summed E-state index contributed by atoms with van der Waals surface area (Å²) in [5.41, 5.74) is 5.93. The number of hydrogen-bond acceptors (Lipinski definition) is 4. The van der Waals surface area contributed by atoms with Gasteiger partial charge in [0.25, 0.3) is 10.2 Å². The van der Waals surface area contributed by atoms with Crippen LogP contribution in [0.5, 0.6) is 0 Å². The molecule has 1 amide bonds. The van der Waals surface area contributed by atoms with Crippen molar-refractivity contribution in [3.8, 4) is 0 Å². The van der Waals surface area contributed by atoms with E-state index in [1.54, 1.807) is 16.3 Å². The van der Waals surface area contributed by atoms with Gasteiger partial charge in [-0.05, 0) is 18.8 Å². The predicted octanol–water partition coefficient (Wildman–Crippen LogP) is 0.623. The molecule has 0 aromatic heterocycles. The van der Waals surface area contributed by atoms with Gasteiger partial charge in [-0.2, -0.15) is 17.0 Å². The van der Waals surface area contributed by atoms with Crippen molar-refractivity contribution in [2.45, 2.75) is 58.0 Å². The molecule has 2 N–H and O–H groups in total. The first-order valence-electron chi connectivity index (χ1n) is 9.02. The van der Waals surface area contributed by atoms with E-state index in [2.05, 4.69) is 0 Å². The molecule has 1 aliphatic heterocycles. The molecule has 1 aliphatic carbocycles. The number of hydrogen-bond donors (Lipinski definition) is 1. The van der Waals surface area contributed by atoms with Crippen LogP contribution in [0.25, 0.3) is 0 Å². The zero-order chi connectivity index (χ0) is 17.9. The van der Waals surface area contributed by atoms with Crippen LogP contribution in [0.4, 0.5) is 0 Å². The Hall–Kier alpha value is -0.700. The third kappa shape index (κ3) is 4.28. The fraction of sp³-hybridized carbons (Fsp3) is 0.938. The minimum atomic E-state index is -3.45. The summed E-state index contributed by atoms with van der Waals surface area (Å²) in [5.74, 6) is -0.000574. The van der Waals surface area contributed by atoms with Crippen molar-refractivity contribution in [3.63, 3.8) is 0 Å². The number of carbonyl (C=O) groups is 1. The van der Waals surface area contributed by atoms with Crippen molar-refractivity contribution in [1.29, 1.82) is 0 Å². The van der Waals surface area contributed by atoms with Gasteiger partial charge in [0.1, 0.15) is 0 Å². The average molecular weight is 361 g/mol. The first kappa shape index (κ1) is 19.6. The number of nitrogens with two attached hydrogens (primary N) is 1. The Morgan fingerprint density at radius 3 is 2.12 bits per heavy atom. The highest BCUT2D eigenvalue weighted by Crippen LogP contribution is 2.25. The van der Waals surface area contributed by atoms with Gasteiger partial charge in [-0.25, -0.2) is 0 Å². The van der Waals surface area contributed by atoms with Gasteiger partial charge in [-0.3, -0.25) is 4.79 Å². The van der Waals surface area contributed by atoms with E-state index in [1.807, 2.05) is 13.8 Å². The van der Waals surface area contributed by atoms with Crippen LogP contribution in [0.2, 0.25) is 0 Å². The van der Waals surface area contributed by atoms with Gasteiger partial charge in [0.05, 0.1) is 6.04 Å². The number of amides is 1. The van der Waals surface area contributed by atoms with Crippen LogP contribution < -0.4 is 5.73 Å². The molecule has 0 aromatic carbocycles. The highest BCUT2D eigenvalue weighted by atomic mass is 32.2. The Balaban J connectivity index is 1.94. The third-order valence-electron chi connectivity index (χ3n) is 5.33. The monoisotopic (exact) mass is 360 g/mol. The van der Waals surface area contributed by atoms with Gasteiger partial charge >= 0.3 is 0 Å². The van der Waals surface area contributed by atoms with E-state index in [9.17, 15) is 13.2 Å². The third-order valence-corrected chi connectivity index (χ3v) is 7.38. The predicted molar refractivity (Wildman–Crippen MR) is 94.5 cm³/mol. The largest absolute Gasteiger partial charge is 0.339 e. The van der Waals surface area contributed by atoms with Crippen LogP contribution in [0, 0.1) is 5.92 Å². The molecule has 1 saturated heterocycles. The zero-order valence-electron chi connectivity index (χ0n) is 15.1. The molecule has 1 atom stereocenters. The molecule has 2 fully saturated rings. The number of piperazine rings is 1. The summed E-state index contributed by atoms with van der Waals surface area (Å²) in [5, 5.41) is 0. The average Bonchev–Trinajstić information content (AvgIpc) is 2.60. The maximum atomic E-state index is 12.8. The molecule has 0 aromatic rings. The van der Waals surface area contributed by atoms with Crippen LogP contribution in [-0.4, -0.2) is 73.1 Å². The van der Waals surface area contributed by atoms with Gasteiger partial charge in [0.2, 0.25) is 5.91 Å². The molecule has 7 nitrogen and oxygen atoms in total. The van der Waals surface area contributed by atoms with Crippen LogP contribution in [-0.2, 0) is 15.0 Å². The Bertz CT molecular complexity index is 523. The maximum Gasteiger partial charge on any atom is 0.282 e. The highest BCUT2D eigenvalue weighted by Gasteiger charge is 2.36. The van der Waals surface area contributed by atoms with Crippen molar-refractivity contribution in [2.24, 2.45) is 11.7 Å². The highest BCUT2D eigenvalue weighted by molar-refractivity contribution is 7.86. The standard InChI is InChI=1S/C16H32N4O3S/c1-13(2)15(17)16(21)19-9-11-20(12-10-19)24(22,23)18(3)14-7-5-4-6-8-14/h13-15H,4-12,17H2,1-3H3/t15-/m0/s1. The number of carbonyl (C=O) groups excluding carboxylic acids is 1. The van der Waals surface area contributed by atoms with Crippen LogP contribution in [0.15, 0.2) is 0 Å². The summed E-state index contributed by atoms with van der Waals surface area (Å²) in [6.07, 6.45) is 5.27. The summed E-state index contributed by atoms with van der Waals surface area (Å²) in [7, 11) is -1.76. The summed E-state index contributed by atoms with van der Waals surface area (Å²) >= 11 is 0. The van der Waals surface area contributed by atoms with Gasteiger partial charge in [-0.1, -0.05) is 33.1 Å². The van der Waals surface area contributed by atoms with Crippen molar-refractivity contribution in [3.05, 3.63) is 0 Å². The molecule has 2 rings (SSSR count). The molecule has 140 valence electrons. The smallest absolute Gasteiger partial charge is 0.282 e. The second-order valence-corrected chi connectivity index (χ2v) is 9.30. The van der Waals surface area contributed by atoms with Crippen LogP contribution >= 0.6 is 0 Å². The lowest BCUT2D eigenvalue weighted by molar-refractivity contribution is -0.134. The molecule has 8 heteroatoms. The molecular formula is C16H32N4O3S. The van der Waals surface area contributed by atoms with E-state index in [1.165, 1.54) is 10.7 Å². The SMILES string of the molecule is CC(C)[C@H](N)C(=O)N1CCN(S(=O)(=O)N(C)C2CCCCC2)CC1. The first-order valence-corrected chi connectivity index (χ1v) is 10.4. The molecule has 0 radical (unpaired) electrons. The molecule has 0 unspecified atom stereocenters. The van der Waals surface area contributed by atoms with E-state index in [4.69, 9.17) is 5.73 Å².